The monoisotopic (exact) mass is 541 g/mol. The predicted molar refractivity (Wildman–Crippen MR) is 140 cm³/mol. The Morgan fingerprint density at radius 3 is 2.61 bits per heavy atom. The molecule has 6 nitrogen and oxygen atoms in total. The van der Waals surface area contributed by atoms with Gasteiger partial charge in [-0.25, -0.2) is 0 Å². The smallest absolute Gasteiger partial charge is 0.193 e. The first kappa shape index (κ1) is 27.4. The SMILES string of the molecule is CCNC(=NCCCCOCCc1ccccc1)N(C)Cc1cn(C)nc1C(C)C.I. The lowest BCUT2D eigenvalue weighted by molar-refractivity contribution is 0.134. The molecule has 1 heterocycles. The van der Waals surface area contributed by atoms with E-state index in [-0.39, 0.29) is 24.0 Å². The van der Waals surface area contributed by atoms with Crippen LogP contribution in [0.15, 0.2) is 41.5 Å². The van der Waals surface area contributed by atoms with Gasteiger partial charge in [0.2, 0.25) is 0 Å². The third-order valence-electron chi connectivity index (χ3n) is 4.92. The van der Waals surface area contributed by atoms with Crippen LogP contribution < -0.4 is 5.32 Å². The average molecular weight is 542 g/mol. The van der Waals surface area contributed by atoms with Crippen molar-refractivity contribution in [3.63, 3.8) is 0 Å². The van der Waals surface area contributed by atoms with E-state index in [1.807, 2.05) is 17.8 Å². The first-order valence-electron chi connectivity index (χ1n) is 11.1. The van der Waals surface area contributed by atoms with E-state index in [1.165, 1.54) is 11.1 Å². The van der Waals surface area contributed by atoms with Crippen LogP contribution in [0.4, 0.5) is 0 Å². The molecule has 0 fully saturated rings. The summed E-state index contributed by atoms with van der Waals surface area (Å²) in [5.41, 5.74) is 3.75. The molecule has 0 bridgehead atoms. The molecule has 7 heteroatoms. The van der Waals surface area contributed by atoms with Crippen molar-refractivity contribution in [1.82, 2.24) is 20.0 Å². The van der Waals surface area contributed by atoms with E-state index in [9.17, 15) is 0 Å². The van der Waals surface area contributed by atoms with Gasteiger partial charge in [0.1, 0.15) is 0 Å². The molecule has 0 aliphatic carbocycles. The van der Waals surface area contributed by atoms with Crippen LogP contribution in [-0.4, -0.2) is 54.0 Å². The zero-order valence-electron chi connectivity index (χ0n) is 19.8. The summed E-state index contributed by atoms with van der Waals surface area (Å²) in [6.07, 6.45) is 5.14. The maximum atomic E-state index is 5.77. The minimum absolute atomic E-state index is 0. The van der Waals surface area contributed by atoms with Gasteiger partial charge < -0.3 is 15.0 Å². The van der Waals surface area contributed by atoms with Gasteiger partial charge in [0, 0.05) is 52.1 Å². The molecule has 0 saturated heterocycles. The largest absolute Gasteiger partial charge is 0.381 e. The molecule has 0 aliphatic rings. The lowest BCUT2D eigenvalue weighted by atomic mass is 10.1. The van der Waals surface area contributed by atoms with Gasteiger partial charge in [-0.15, -0.1) is 24.0 Å². The number of ether oxygens (including phenoxy) is 1. The number of aliphatic imine (C=N–C) groups is 1. The zero-order chi connectivity index (χ0) is 21.8. The molecule has 0 spiro atoms. The maximum absolute atomic E-state index is 5.77. The summed E-state index contributed by atoms with van der Waals surface area (Å²) < 4.78 is 7.68. The number of hydrogen-bond acceptors (Lipinski definition) is 3. The summed E-state index contributed by atoms with van der Waals surface area (Å²) in [5, 5.41) is 8.02. The van der Waals surface area contributed by atoms with E-state index < -0.39 is 0 Å². The molecule has 0 saturated carbocycles. The number of hydrogen-bond donors (Lipinski definition) is 1. The minimum Gasteiger partial charge on any atom is -0.381 e. The van der Waals surface area contributed by atoms with E-state index >= 15 is 0 Å². The van der Waals surface area contributed by atoms with Crippen LogP contribution >= 0.6 is 24.0 Å². The zero-order valence-corrected chi connectivity index (χ0v) is 22.1. The summed E-state index contributed by atoms with van der Waals surface area (Å²) in [6.45, 7) is 10.5. The van der Waals surface area contributed by atoms with Gasteiger partial charge in [0.05, 0.1) is 12.3 Å². The number of nitrogens with one attached hydrogen (secondary N) is 1. The second-order valence-corrected chi connectivity index (χ2v) is 8.01. The van der Waals surface area contributed by atoms with E-state index in [2.05, 4.69) is 73.6 Å². The van der Waals surface area contributed by atoms with Gasteiger partial charge in [0.25, 0.3) is 0 Å². The van der Waals surface area contributed by atoms with Crippen LogP contribution in [0.1, 0.15) is 56.4 Å². The molecule has 0 radical (unpaired) electrons. The van der Waals surface area contributed by atoms with Crippen molar-refractivity contribution in [3.05, 3.63) is 53.3 Å². The molecule has 174 valence electrons. The summed E-state index contributed by atoms with van der Waals surface area (Å²) >= 11 is 0. The summed E-state index contributed by atoms with van der Waals surface area (Å²) in [7, 11) is 4.07. The molecule has 2 aromatic rings. The van der Waals surface area contributed by atoms with Crippen LogP contribution in [0.25, 0.3) is 0 Å². The van der Waals surface area contributed by atoms with Gasteiger partial charge in [0.15, 0.2) is 5.96 Å². The highest BCUT2D eigenvalue weighted by molar-refractivity contribution is 14.0. The third kappa shape index (κ3) is 10.0. The Bertz CT molecular complexity index is 761. The minimum atomic E-state index is 0. The van der Waals surface area contributed by atoms with Crippen molar-refractivity contribution in [2.45, 2.75) is 52.5 Å². The number of benzene rings is 1. The van der Waals surface area contributed by atoms with Crippen molar-refractivity contribution in [2.75, 3.05) is 33.4 Å². The van der Waals surface area contributed by atoms with Gasteiger partial charge in [-0.3, -0.25) is 9.67 Å². The molecule has 0 atom stereocenters. The first-order valence-corrected chi connectivity index (χ1v) is 11.1. The highest BCUT2D eigenvalue weighted by Gasteiger charge is 2.15. The van der Waals surface area contributed by atoms with E-state index in [0.717, 1.165) is 63.8 Å². The Labute approximate surface area is 205 Å². The second kappa shape index (κ2) is 15.2. The average Bonchev–Trinajstić information content (AvgIpc) is 3.10. The number of unbranched alkanes of at least 4 members (excludes halogenated alkanes) is 1. The first-order chi connectivity index (χ1) is 14.5. The number of aryl methyl sites for hydroxylation is 1. The highest BCUT2D eigenvalue weighted by atomic mass is 127. The molecule has 0 amide bonds. The summed E-state index contributed by atoms with van der Waals surface area (Å²) in [4.78, 5) is 6.99. The quantitative estimate of drug-likeness (QED) is 0.185. The molecule has 1 aromatic heterocycles. The Morgan fingerprint density at radius 1 is 1.19 bits per heavy atom. The number of halogens is 1. The lowest BCUT2D eigenvalue weighted by Crippen LogP contribution is -2.38. The molecule has 0 unspecified atom stereocenters. The summed E-state index contributed by atoms with van der Waals surface area (Å²) in [5.74, 6) is 1.36. The van der Waals surface area contributed by atoms with Crippen molar-refractivity contribution in [1.29, 1.82) is 0 Å². The van der Waals surface area contributed by atoms with Crippen LogP contribution in [0.5, 0.6) is 0 Å². The van der Waals surface area contributed by atoms with Crippen LogP contribution in [0.3, 0.4) is 0 Å². The van der Waals surface area contributed by atoms with Crippen molar-refractivity contribution in [3.8, 4) is 0 Å². The number of aromatic nitrogens is 2. The van der Waals surface area contributed by atoms with Crippen LogP contribution in [-0.2, 0) is 24.8 Å². The van der Waals surface area contributed by atoms with Gasteiger partial charge in [-0.2, -0.15) is 5.10 Å². The number of nitrogens with zero attached hydrogens (tertiary/aromatic N) is 4. The topological polar surface area (TPSA) is 54.7 Å². The van der Waals surface area contributed by atoms with Crippen LogP contribution in [0, 0.1) is 0 Å². The van der Waals surface area contributed by atoms with Gasteiger partial charge in [-0.1, -0.05) is 44.2 Å². The number of guanidine groups is 1. The molecule has 1 aromatic carbocycles. The van der Waals surface area contributed by atoms with E-state index in [0.29, 0.717) is 5.92 Å². The van der Waals surface area contributed by atoms with Gasteiger partial charge >= 0.3 is 0 Å². The molecule has 2 rings (SSSR count). The van der Waals surface area contributed by atoms with Crippen molar-refractivity contribution in [2.24, 2.45) is 12.0 Å². The lowest BCUT2D eigenvalue weighted by Gasteiger charge is -2.22. The standard InChI is InChI=1S/C24H39N5O.HI/c1-6-25-24(28(4)18-22-19-29(5)27-23(22)20(2)3)26-15-10-11-16-30-17-14-21-12-8-7-9-13-21;/h7-9,12-13,19-20H,6,10-11,14-18H2,1-5H3,(H,25,26);1H. The van der Waals surface area contributed by atoms with Crippen molar-refractivity contribution < 1.29 is 4.74 Å². The second-order valence-electron chi connectivity index (χ2n) is 8.01. The molecular formula is C24H40IN5O. The predicted octanol–water partition coefficient (Wildman–Crippen LogP) is 4.60. The fourth-order valence-electron chi connectivity index (χ4n) is 3.40. The molecule has 31 heavy (non-hydrogen) atoms. The Kier molecular flexibility index (Phi) is 13.5. The molecular weight excluding hydrogens is 501 g/mol. The Balaban J connectivity index is 0.00000480. The Hall–Kier alpha value is -1.61. The normalized spacial score (nSPS) is 11.5. The fourth-order valence-corrected chi connectivity index (χ4v) is 3.40. The van der Waals surface area contributed by atoms with E-state index in [1.54, 1.807) is 0 Å². The maximum Gasteiger partial charge on any atom is 0.193 e. The number of rotatable bonds is 12. The van der Waals surface area contributed by atoms with Crippen molar-refractivity contribution >= 4 is 29.9 Å². The third-order valence-corrected chi connectivity index (χ3v) is 4.92. The highest BCUT2D eigenvalue weighted by Crippen LogP contribution is 2.18. The fraction of sp³-hybridized carbons (Fsp3) is 0.583. The summed E-state index contributed by atoms with van der Waals surface area (Å²) in [6, 6.07) is 10.5. The van der Waals surface area contributed by atoms with Gasteiger partial charge in [-0.05, 0) is 37.7 Å². The molecule has 0 aliphatic heterocycles. The van der Waals surface area contributed by atoms with E-state index in [4.69, 9.17) is 9.73 Å². The molecule has 1 N–H and O–H groups in total. The Morgan fingerprint density at radius 2 is 1.94 bits per heavy atom. The van der Waals surface area contributed by atoms with Crippen LogP contribution in [0.2, 0.25) is 0 Å².